The first-order valence-electron chi connectivity index (χ1n) is 6.98. The number of phosphoric acid groups is 2. The molecule has 1 aromatic heterocycles. The summed E-state index contributed by atoms with van der Waals surface area (Å²) in [5, 5.41) is 2.23. The van der Waals surface area contributed by atoms with E-state index >= 15 is 0 Å². The van der Waals surface area contributed by atoms with E-state index in [1.807, 2.05) is 30.3 Å². The van der Waals surface area contributed by atoms with Crippen molar-refractivity contribution >= 4 is 21.5 Å². The van der Waals surface area contributed by atoms with Crippen molar-refractivity contribution in [2.24, 2.45) is 0 Å². The van der Waals surface area contributed by atoms with Gasteiger partial charge in [-0.2, -0.15) is 0 Å². The maximum absolute atomic E-state index is 11.0. The molecule has 26 heavy (non-hydrogen) atoms. The standard InChI is InChI=1S/C13H16N2O9P2/c16-25(17,18)23-13(24-26(19,20)21)15-12-11(7-4-8-14-12)22-9-10-5-2-1-3-6-10/h1-8,13H,9H2,(H,14,15)(H2,16,17,18)(H2,19,20,21). The highest BCUT2D eigenvalue weighted by atomic mass is 31.2. The summed E-state index contributed by atoms with van der Waals surface area (Å²) in [6, 6.07) is 12.1. The van der Waals surface area contributed by atoms with Gasteiger partial charge in [0.05, 0.1) is 0 Å². The van der Waals surface area contributed by atoms with Crippen LogP contribution in [0.2, 0.25) is 0 Å². The van der Waals surface area contributed by atoms with Gasteiger partial charge in [-0.3, -0.25) is 0 Å². The Morgan fingerprint density at radius 1 is 0.962 bits per heavy atom. The van der Waals surface area contributed by atoms with Crippen LogP contribution < -0.4 is 10.1 Å². The van der Waals surface area contributed by atoms with Gasteiger partial charge in [-0.15, -0.1) is 0 Å². The summed E-state index contributed by atoms with van der Waals surface area (Å²) >= 11 is 0. The first-order valence-corrected chi connectivity index (χ1v) is 10.0. The zero-order chi connectivity index (χ0) is 19.2. The number of rotatable bonds is 9. The van der Waals surface area contributed by atoms with Crippen LogP contribution in [0.3, 0.4) is 0 Å². The summed E-state index contributed by atoms with van der Waals surface area (Å²) in [5.74, 6) is 0.0420. The first-order chi connectivity index (χ1) is 12.1. The first kappa shape index (κ1) is 20.5. The average Bonchev–Trinajstić information content (AvgIpc) is 2.52. The van der Waals surface area contributed by atoms with Gasteiger partial charge in [0.2, 0.25) is 0 Å². The maximum atomic E-state index is 11.0. The van der Waals surface area contributed by atoms with Crippen molar-refractivity contribution in [1.29, 1.82) is 0 Å². The van der Waals surface area contributed by atoms with Crippen molar-refractivity contribution in [2.45, 2.75) is 13.0 Å². The molecule has 0 bridgehead atoms. The number of anilines is 1. The predicted molar refractivity (Wildman–Crippen MR) is 88.7 cm³/mol. The highest BCUT2D eigenvalue weighted by Crippen LogP contribution is 2.44. The molecule has 5 N–H and O–H groups in total. The molecule has 0 aliphatic heterocycles. The number of nitrogens with zero attached hydrogens (tertiary/aromatic N) is 1. The fraction of sp³-hybridized carbons (Fsp3) is 0.154. The minimum Gasteiger partial charge on any atom is -0.485 e. The van der Waals surface area contributed by atoms with Gasteiger partial charge in [0.1, 0.15) is 6.61 Å². The van der Waals surface area contributed by atoms with Crippen LogP contribution in [0.25, 0.3) is 0 Å². The Morgan fingerprint density at radius 2 is 1.58 bits per heavy atom. The van der Waals surface area contributed by atoms with Crippen LogP contribution in [0.15, 0.2) is 48.7 Å². The molecule has 2 rings (SSSR count). The van der Waals surface area contributed by atoms with Crippen LogP contribution in [-0.2, 0) is 24.8 Å². The third-order valence-corrected chi connectivity index (χ3v) is 3.66. The molecule has 11 nitrogen and oxygen atoms in total. The lowest BCUT2D eigenvalue weighted by molar-refractivity contribution is -0.0130. The van der Waals surface area contributed by atoms with Gasteiger partial charge in [0.25, 0.3) is 6.41 Å². The van der Waals surface area contributed by atoms with Crippen molar-refractivity contribution in [3.05, 3.63) is 54.2 Å². The van der Waals surface area contributed by atoms with Crippen LogP contribution in [0, 0.1) is 0 Å². The zero-order valence-corrected chi connectivity index (χ0v) is 14.9. The lowest BCUT2D eigenvalue weighted by atomic mass is 10.2. The highest BCUT2D eigenvalue weighted by molar-refractivity contribution is 7.47. The Balaban J connectivity index is 2.15. The molecular formula is C13H16N2O9P2. The number of hydrogen-bond acceptors (Lipinski definition) is 7. The number of phosphoric ester groups is 2. The molecule has 0 saturated carbocycles. The topological polar surface area (TPSA) is 168 Å². The van der Waals surface area contributed by atoms with Crippen molar-refractivity contribution in [3.8, 4) is 5.75 Å². The van der Waals surface area contributed by atoms with Gasteiger partial charge in [0.15, 0.2) is 11.6 Å². The minimum atomic E-state index is -5.12. The molecule has 0 spiro atoms. The lowest BCUT2D eigenvalue weighted by Gasteiger charge is -2.21. The van der Waals surface area contributed by atoms with Gasteiger partial charge in [-0.1, -0.05) is 30.3 Å². The van der Waals surface area contributed by atoms with Crippen LogP contribution in [0.1, 0.15) is 5.56 Å². The van der Waals surface area contributed by atoms with Gasteiger partial charge >= 0.3 is 15.6 Å². The molecule has 1 aromatic carbocycles. The number of hydrogen-bond donors (Lipinski definition) is 5. The Kier molecular flexibility index (Phi) is 6.87. The Morgan fingerprint density at radius 3 is 2.15 bits per heavy atom. The van der Waals surface area contributed by atoms with Crippen LogP contribution in [-0.4, -0.2) is 31.0 Å². The number of pyridine rings is 1. The lowest BCUT2D eigenvalue weighted by Crippen LogP contribution is -2.25. The van der Waals surface area contributed by atoms with Crippen LogP contribution in [0.5, 0.6) is 5.75 Å². The number of nitrogens with one attached hydrogen (secondary N) is 1. The van der Waals surface area contributed by atoms with E-state index in [1.54, 1.807) is 0 Å². The van der Waals surface area contributed by atoms with Gasteiger partial charge in [0, 0.05) is 6.20 Å². The fourth-order valence-corrected chi connectivity index (χ4v) is 2.54. The number of aromatic nitrogens is 1. The second kappa shape index (κ2) is 8.72. The third kappa shape index (κ3) is 7.61. The highest BCUT2D eigenvalue weighted by Gasteiger charge is 2.30. The molecule has 0 radical (unpaired) electrons. The third-order valence-electron chi connectivity index (χ3n) is 2.73. The summed E-state index contributed by atoms with van der Waals surface area (Å²) in [4.78, 5) is 39.3. The summed E-state index contributed by atoms with van der Waals surface area (Å²) in [5.41, 5.74) is 0.844. The summed E-state index contributed by atoms with van der Waals surface area (Å²) in [7, 11) is -10.2. The zero-order valence-electron chi connectivity index (χ0n) is 13.1. The Bertz CT molecular complexity index is 784. The smallest absolute Gasteiger partial charge is 0.473 e. The van der Waals surface area contributed by atoms with Crippen molar-refractivity contribution < 1.29 is 42.5 Å². The van der Waals surface area contributed by atoms with E-state index in [-0.39, 0.29) is 18.2 Å². The van der Waals surface area contributed by atoms with Crippen molar-refractivity contribution in [2.75, 3.05) is 5.32 Å². The van der Waals surface area contributed by atoms with Crippen LogP contribution >= 0.6 is 15.6 Å². The molecule has 142 valence electrons. The molecule has 0 atom stereocenters. The van der Waals surface area contributed by atoms with Gasteiger partial charge in [-0.05, 0) is 17.7 Å². The average molecular weight is 406 g/mol. The van der Waals surface area contributed by atoms with E-state index in [0.29, 0.717) is 0 Å². The van der Waals surface area contributed by atoms with E-state index < -0.39 is 22.1 Å². The van der Waals surface area contributed by atoms with E-state index in [1.165, 1.54) is 18.3 Å². The molecule has 1 heterocycles. The van der Waals surface area contributed by atoms with E-state index in [0.717, 1.165) is 5.56 Å². The Labute approximate surface area is 148 Å². The summed E-state index contributed by atoms with van der Waals surface area (Å²) in [6.07, 6.45) is -0.852. The second-order valence-electron chi connectivity index (χ2n) is 4.79. The predicted octanol–water partition coefficient (Wildman–Crippen LogP) is 1.57. The Hall–Kier alpha value is -1.81. The summed E-state index contributed by atoms with van der Waals surface area (Å²) in [6.45, 7) is 0.157. The molecule has 0 saturated heterocycles. The van der Waals surface area contributed by atoms with E-state index in [2.05, 4.69) is 19.3 Å². The number of benzene rings is 1. The molecule has 13 heteroatoms. The molecule has 2 aromatic rings. The SMILES string of the molecule is O=P(O)(O)OC(Nc1ncccc1OCc1ccccc1)OP(=O)(O)O. The van der Waals surface area contributed by atoms with E-state index in [4.69, 9.17) is 24.3 Å². The summed E-state index contributed by atoms with van der Waals surface area (Å²) < 4.78 is 35.8. The molecule has 0 amide bonds. The normalized spacial score (nSPS) is 12.2. The van der Waals surface area contributed by atoms with Crippen LogP contribution in [0.4, 0.5) is 5.82 Å². The molecule has 0 aliphatic rings. The molecular weight excluding hydrogens is 390 g/mol. The monoisotopic (exact) mass is 406 g/mol. The molecule has 0 fully saturated rings. The second-order valence-corrected chi connectivity index (χ2v) is 7.18. The fourth-order valence-electron chi connectivity index (χ4n) is 1.78. The van der Waals surface area contributed by atoms with Crippen molar-refractivity contribution in [1.82, 2.24) is 4.98 Å². The molecule has 0 aliphatic carbocycles. The van der Waals surface area contributed by atoms with Gasteiger partial charge in [-0.25, -0.2) is 23.2 Å². The minimum absolute atomic E-state index is 0.102. The maximum Gasteiger partial charge on any atom is 0.473 e. The quantitative estimate of drug-likeness (QED) is 0.303. The number of ether oxygens (including phenoxy) is 1. The molecule has 0 unspecified atom stereocenters. The van der Waals surface area contributed by atoms with Crippen molar-refractivity contribution in [3.63, 3.8) is 0 Å². The van der Waals surface area contributed by atoms with E-state index in [9.17, 15) is 9.13 Å². The van der Waals surface area contributed by atoms with Gasteiger partial charge < -0.3 is 29.6 Å². The largest absolute Gasteiger partial charge is 0.485 e.